The van der Waals surface area contributed by atoms with Gasteiger partial charge in [-0.2, -0.15) is 11.8 Å². The highest BCUT2D eigenvalue weighted by Crippen LogP contribution is 2.01. The van der Waals surface area contributed by atoms with Crippen molar-refractivity contribution in [2.45, 2.75) is 18.9 Å². The average molecular weight is 234 g/mol. The Hall–Kier alpha value is -0.750. The van der Waals surface area contributed by atoms with Crippen LogP contribution in [-0.2, 0) is 9.59 Å². The van der Waals surface area contributed by atoms with Gasteiger partial charge in [0.15, 0.2) is 0 Å². The van der Waals surface area contributed by atoms with Gasteiger partial charge in [-0.15, -0.1) is 0 Å². The van der Waals surface area contributed by atoms with Gasteiger partial charge in [0, 0.05) is 13.6 Å². The van der Waals surface area contributed by atoms with Gasteiger partial charge in [-0.3, -0.25) is 9.59 Å². The predicted octanol–water partition coefficient (Wildman–Crippen LogP) is -0.0001000. The number of carbonyl (C=O) groups is 2. The molecule has 0 radical (unpaired) electrons. The largest absolute Gasteiger partial charge is 0.481 e. The number of aliphatic carboxylic acids is 1. The number of nitrogens with zero attached hydrogens (tertiary/aromatic N) is 1. The lowest BCUT2D eigenvalue weighted by molar-refractivity contribution is -0.138. The van der Waals surface area contributed by atoms with Gasteiger partial charge in [0.1, 0.15) is 0 Å². The van der Waals surface area contributed by atoms with E-state index in [1.807, 2.05) is 6.26 Å². The van der Waals surface area contributed by atoms with Crippen LogP contribution in [0.4, 0.5) is 0 Å². The molecule has 0 aliphatic rings. The fraction of sp³-hybridized carbons (Fsp3) is 0.778. The van der Waals surface area contributed by atoms with Crippen molar-refractivity contribution in [1.29, 1.82) is 0 Å². The SMILES string of the molecule is CSCC[C@@H](N)C(=O)N(C)CCC(=O)O. The van der Waals surface area contributed by atoms with Crippen molar-refractivity contribution in [3.05, 3.63) is 0 Å². The molecule has 0 bridgehead atoms. The van der Waals surface area contributed by atoms with E-state index >= 15 is 0 Å². The molecule has 5 nitrogen and oxygen atoms in total. The molecule has 1 atom stereocenters. The first-order chi connectivity index (χ1) is 6.99. The minimum absolute atomic E-state index is 0.0442. The summed E-state index contributed by atoms with van der Waals surface area (Å²) in [5.74, 6) is -0.266. The van der Waals surface area contributed by atoms with Crippen molar-refractivity contribution in [1.82, 2.24) is 4.90 Å². The summed E-state index contributed by atoms with van der Waals surface area (Å²) < 4.78 is 0. The Kier molecular flexibility index (Phi) is 7.15. The molecule has 3 N–H and O–H groups in total. The van der Waals surface area contributed by atoms with E-state index < -0.39 is 12.0 Å². The van der Waals surface area contributed by atoms with Crippen LogP contribution in [0, 0.1) is 0 Å². The van der Waals surface area contributed by atoms with Crippen molar-refractivity contribution >= 4 is 23.6 Å². The molecule has 0 aromatic heterocycles. The summed E-state index contributed by atoms with van der Waals surface area (Å²) in [6, 6.07) is -0.517. The highest BCUT2D eigenvalue weighted by atomic mass is 32.2. The van der Waals surface area contributed by atoms with Crippen LogP contribution in [0.1, 0.15) is 12.8 Å². The Morgan fingerprint density at radius 1 is 1.53 bits per heavy atom. The Bertz CT molecular complexity index is 223. The number of carboxylic acids is 1. The average Bonchev–Trinajstić information content (AvgIpc) is 2.21. The van der Waals surface area contributed by atoms with E-state index in [1.165, 1.54) is 4.90 Å². The summed E-state index contributed by atoms with van der Waals surface area (Å²) in [5, 5.41) is 8.45. The van der Waals surface area contributed by atoms with Crippen LogP contribution in [0.25, 0.3) is 0 Å². The molecule has 6 heteroatoms. The standard InChI is InChI=1S/C9H18N2O3S/c1-11(5-3-8(12)13)9(14)7(10)4-6-15-2/h7H,3-6,10H2,1-2H3,(H,12,13)/t7-/m1/s1. The van der Waals surface area contributed by atoms with Gasteiger partial charge in [-0.1, -0.05) is 0 Å². The molecule has 0 heterocycles. The number of nitrogens with two attached hydrogens (primary N) is 1. The zero-order valence-electron chi connectivity index (χ0n) is 9.10. The smallest absolute Gasteiger partial charge is 0.305 e. The zero-order chi connectivity index (χ0) is 11.8. The fourth-order valence-electron chi connectivity index (χ4n) is 1.02. The van der Waals surface area contributed by atoms with Crippen molar-refractivity contribution < 1.29 is 14.7 Å². The third-order valence-corrected chi connectivity index (χ3v) is 2.63. The number of amides is 1. The van der Waals surface area contributed by atoms with Gasteiger partial charge >= 0.3 is 5.97 Å². The lowest BCUT2D eigenvalue weighted by Crippen LogP contribution is -2.42. The third kappa shape index (κ3) is 6.35. The summed E-state index contributed by atoms with van der Waals surface area (Å²) in [7, 11) is 1.57. The Morgan fingerprint density at radius 2 is 2.13 bits per heavy atom. The number of thioether (sulfide) groups is 1. The Morgan fingerprint density at radius 3 is 2.60 bits per heavy atom. The first-order valence-electron chi connectivity index (χ1n) is 4.70. The van der Waals surface area contributed by atoms with Crippen LogP contribution in [0.3, 0.4) is 0 Å². The number of carboxylic acid groups (broad SMARTS) is 1. The van der Waals surface area contributed by atoms with Gasteiger partial charge in [-0.05, 0) is 18.4 Å². The maximum atomic E-state index is 11.6. The summed E-state index contributed by atoms with van der Waals surface area (Å²) in [5.41, 5.74) is 5.66. The maximum absolute atomic E-state index is 11.6. The van der Waals surface area contributed by atoms with Crippen molar-refractivity contribution in [2.24, 2.45) is 5.73 Å². The third-order valence-electron chi connectivity index (χ3n) is 1.99. The number of likely N-dealkylation sites (N-methyl/N-ethyl adjacent to an activating group) is 1. The molecule has 0 spiro atoms. The second kappa shape index (κ2) is 7.53. The van der Waals surface area contributed by atoms with Gasteiger partial charge in [0.25, 0.3) is 0 Å². The topological polar surface area (TPSA) is 83.6 Å². The van der Waals surface area contributed by atoms with Crippen molar-refractivity contribution in [2.75, 3.05) is 25.6 Å². The summed E-state index contributed by atoms with van der Waals surface area (Å²) in [4.78, 5) is 23.2. The molecule has 0 fully saturated rings. The molecule has 88 valence electrons. The van der Waals surface area contributed by atoms with E-state index in [9.17, 15) is 9.59 Å². The molecule has 0 rings (SSSR count). The first-order valence-corrected chi connectivity index (χ1v) is 6.09. The zero-order valence-corrected chi connectivity index (χ0v) is 9.92. The molecule has 0 aromatic rings. The van der Waals surface area contributed by atoms with E-state index in [2.05, 4.69) is 0 Å². The Labute approximate surface area is 94.0 Å². The highest BCUT2D eigenvalue weighted by molar-refractivity contribution is 7.98. The second-order valence-corrected chi connectivity index (χ2v) is 4.28. The van der Waals surface area contributed by atoms with Gasteiger partial charge in [-0.25, -0.2) is 0 Å². The molecule has 15 heavy (non-hydrogen) atoms. The Balaban J connectivity index is 3.90. The van der Waals surface area contributed by atoms with Crippen LogP contribution in [0.2, 0.25) is 0 Å². The second-order valence-electron chi connectivity index (χ2n) is 3.29. The monoisotopic (exact) mass is 234 g/mol. The minimum atomic E-state index is -0.910. The highest BCUT2D eigenvalue weighted by Gasteiger charge is 2.17. The fourth-order valence-corrected chi connectivity index (χ4v) is 1.51. The molecular formula is C9H18N2O3S. The lowest BCUT2D eigenvalue weighted by atomic mass is 10.2. The summed E-state index contributed by atoms with van der Waals surface area (Å²) in [6.45, 7) is 0.209. The molecule has 0 aliphatic carbocycles. The molecular weight excluding hydrogens is 216 g/mol. The lowest BCUT2D eigenvalue weighted by Gasteiger charge is -2.20. The van der Waals surface area contributed by atoms with Crippen molar-refractivity contribution in [3.63, 3.8) is 0 Å². The van der Waals surface area contributed by atoms with Gasteiger partial charge in [0.2, 0.25) is 5.91 Å². The molecule has 0 unspecified atom stereocenters. The van der Waals surface area contributed by atoms with Crippen LogP contribution in [-0.4, -0.2) is 53.5 Å². The minimum Gasteiger partial charge on any atom is -0.481 e. The van der Waals surface area contributed by atoms with Crippen molar-refractivity contribution in [3.8, 4) is 0 Å². The quantitative estimate of drug-likeness (QED) is 0.648. The van der Waals surface area contributed by atoms with E-state index in [0.717, 1.165) is 5.75 Å². The van der Waals surface area contributed by atoms with Crippen LogP contribution in [0.5, 0.6) is 0 Å². The van der Waals surface area contributed by atoms with E-state index in [4.69, 9.17) is 10.8 Å². The predicted molar refractivity (Wildman–Crippen MR) is 60.9 cm³/mol. The van der Waals surface area contributed by atoms with Gasteiger partial charge in [0.05, 0.1) is 12.5 Å². The molecule has 0 aliphatic heterocycles. The normalized spacial score (nSPS) is 12.2. The number of rotatable bonds is 7. The molecule has 0 aromatic carbocycles. The maximum Gasteiger partial charge on any atom is 0.305 e. The molecule has 0 saturated heterocycles. The van der Waals surface area contributed by atoms with Gasteiger partial charge < -0.3 is 15.7 Å². The first kappa shape index (κ1) is 14.2. The van der Waals surface area contributed by atoms with Crippen LogP contribution >= 0.6 is 11.8 Å². The molecule has 0 saturated carbocycles. The van der Waals surface area contributed by atoms with Crippen LogP contribution < -0.4 is 5.73 Å². The number of hydrogen-bond acceptors (Lipinski definition) is 4. The van der Waals surface area contributed by atoms with Crippen LogP contribution in [0.15, 0.2) is 0 Å². The molecule has 1 amide bonds. The number of hydrogen-bond donors (Lipinski definition) is 2. The summed E-state index contributed by atoms with van der Waals surface area (Å²) >= 11 is 1.63. The van der Waals surface area contributed by atoms with E-state index in [1.54, 1.807) is 18.8 Å². The van der Waals surface area contributed by atoms with E-state index in [0.29, 0.717) is 6.42 Å². The number of carbonyl (C=O) groups excluding carboxylic acids is 1. The van der Waals surface area contributed by atoms with E-state index in [-0.39, 0.29) is 18.9 Å². The summed E-state index contributed by atoms with van der Waals surface area (Å²) in [6.07, 6.45) is 2.53.